The minimum absolute atomic E-state index is 0.110. The van der Waals surface area contributed by atoms with Crippen molar-refractivity contribution in [2.45, 2.75) is 59.4 Å². The van der Waals surface area contributed by atoms with Gasteiger partial charge in [0.2, 0.25) is 5.78 Å². The zero-order valence-electron chi connectivity index (χ0n) is 18.2. The molecule has 3 aromatic rings. The monoisotopic (exact) mass is 421 g/mol. The lowest BCUT2D eigenvalue weighted by Gasteiger charge is -2.15. The first-order valence-electron chi connectivity index (χ1n) is 10.7. The number of fused-ring (bicyclic) bond motifs is 1. The molecule has 8 nitrogen and oxygen atoms in total. The number of allylic oxidation sites excluding steroid dienone is 2. The van der Waals surface area contributed by atoms with Gasteiger partial charge in [-0.1, -0.05) is 11.6 Å². The fourth-order valence-corrected chi connectivity index (χ4v) is 4.08. The fraction of sp³-hybridized carbons (Fsp3) is 0.435. The van der Waals surface area contributed by atoms with E-state index in [9.17, 15) is 9.59 Å². The third kappa shape index (κ3) is 4.42. The third-order valence-corrected chi connectivity index (χ3v) is 5.86. The quantitative estimate of drug-likeness (QED) is 0.328. The number of aromatic nitrogens is 5. The fourth-order valence-electron chi connectivity index (χ4n) is 4.08. The molecule has 0 radical (unpaired) electrons. The van der Waals surface area contributed by atoms with Gasteiger partial charge in [0, 0.05) is 35.4 Å². The Hall–Kier alpha value is -3.29. The highest BCUT2D eigenvalue weighted by atomic mass is 16.5. The second-order valence-corrected chi connectivity index (χ2v) is 8.03. The van der Waals surface area contributed by atoms with E-state index in [1.54, 1.807) is 12.3 Å². The van der Waals surface area contributed by atoms with Crippen LogP contribution in [0.2, 0.25) is 0 Å². The molecular formula is C23H27N5O3. The number of carbonyl (C=O) groups is 2. The number of aryl methyl sites for hydroxylation is 2. The maximum atomic E-state index is 12.7. The predicted molar refractivity (Wildman–Crippen MR) is 115 cm³/mol. The first-order valence-corrected chi connectivity index (χ1v) is 10.7. The highest BCUT2D eigenvalue weighted by molar-refractivity contribution is 6.00. The summed E-state index contributed by atoms with van der Waals surface area (Å²) in [6.07, 6.45) is 9.85. The first-order chi connectivity index (χ1) is 14.9. The summed E-state index contributed by atoms with van der Waals surface area (Å²) in [5.74, 6) is -0.769. The molecule has 0 unspecified atom stereocenters. The summed E-state index contributed by atoms with van der Waals surface area (Å²) in [6, 6.07) is 3.64. The summed E-state index contributed by atoms with van der Waals surface area (Å²) in [6.45, 7) is 6.28. The molecule has 31 heavy (non-hydrogen) atoms. The molecule has 0 N–H and O–H groups in total. The summed E-state index contributed by atoms with van der Waals surface area (Å²) >= 11 is 0. The van der Waals surface area contributed by atoms with E-state index >= 15 is 0 Å². The topological polar surface area (TPSA) is 91.4 Å². The van der Waals surface area contributed by atoms with Crippen LogP contribution in [0.15, 0.2) is 30.0 Å². The van der Waals surface area contributed by atoms with Crippen LogP contribution in [0.25, 0.3) is 5.78 Å². The Bertz CT molecular complexity index is 1170. The number of esters is 1. The molecule has 1 aliphatic rings. The number of Topliss-reactive ketones (excluding diaryl/α,β-unsaturated/α-hetero) is 1. The van der Waals surface area contributed by atoms with Gasteiger partial charge in [0.25, 0.3) is 11.6 Å². The van der Waals surface area contributed by atoms with Crippen molar-refractivity contribution in [2.75, 3.05) is 6.61 Å². The van der Waals surface area contributed by atoms with Gasteiger partial charge < -0.3 is 9.30 Å². The van der Waals surface area contributed by atoms with Gasteiger partial charge in [-0.05, 0) is 65.0 Å². The molecule has 3 heterocycles. The van der Waals surface area contributed by atoms with Crippen LogP contribution in [-0.2, 0) is 11.3 Å². The van der Waals surface area contributed by atoms with Gasteiger partial charge in [-0.25, -0.2) is 14.3 Å². The molecule has 0 saturated heterocycles. The highest BCUT2D eigenvalue weighted by Gasteiger charge is 2.20. The van der Waals surface area contributed by atoms with Crippen LogP contribution < -0.4 is 0 Å². The molecule has 0 atom stereocenters. The number of ether oxygens (including phenoxy) is 1. The van der Waals surface area contributed by atoms with E-state index in [4.69, 9.17) is 4.74 Å². The molecule has 4 rings (SSSR count). The third-order valence-electron chi connectivity index (χ3n) is 5.86. The average Bonchev–Trinajstić information content (AvgIpc) is 3.33. The standard InChI is InChI=1S/C23H27N5O3/c1-15-9-11-24-23-25-21(26-28(15)23)22(30)31-14-20(29)19-13-16(2)27(17(19)3)12-10-18-7-5-4-6-8-18/h7,9,11,13H,4-6,8,10,12,14H2,1-3H3. The largest absolute Gasteiger partial charge is 0.451 e. The van der Waals surface area contributed by atoms with Crippen LogP contribution >= 0.6 is 0 Å². The van der Waals surface area contributed by atoms with Crippen molar-refractivity contribution in [1.82, 2.24) is 24.1 Å². The molecular weight excluding hydrogens is 394 g/mol. The van der Waals surface area contributed by atoms with Gasteiger partial charge in [-0.2, -0.15) is 4.98 Å². The van der Waals surface area contributed by atoms with Crippen molar-refractivity contribution in [2.24, 2.45) is 0 Å². The molecule has 0 saturated carbocycles. The summed E-state index contributed by atoms with van der Waals surface area (Å²) in [5.41, 5.74) is 4.82. The highest BCUT2D eigenvalue weighted by Crippen LogP contribution is 2.23. The number of ketones is 1. The Morgan fingerprint density at radius 2 is 2.00 bits per heavy atom. The zero-order chi connectivity index (χ0) is 22.0. The number of rotatable bonds is 7. The average molecular weight is 422 g/mol. The Morgan fingerprint density at radius 1 is 1.16 bits per heavy atom. The molecule has 1 aliphatic carbocycles. The lowest BCUT2D eigenvalue weighted by atomic mass is 9.97. The second-order valence-electron chi connectivity index (χ2n) is 8.03. The minimum Gasteiger partial charge on any atom is -0.451 e. The van der Waals surface area contributed by atoms with Crippen LogP contribution in [-0.4, -0.2) is 42.5 Å². The molecule has 3 aromatic heterocycles. The van der Waals surface area contributed by atoms with Gasteiger partial charge in [0.1, 0.15) is 0 Å². The molecule has 0 fully saturated rings. The summed E-state index contributed by atoms with van der Waals surface area (Å²) in [4.78, 5) is 33.2. The van der Waals surface area contributed by atoms with Crippen LogP contribution in [0.3, 0.4) is 0 Å². The van der Waals surface area contributed by atoms with Crippen molar-refractivity contribution < 1.29 is 14.3 Å². The maximum absolute atomic E-state index is 12.7. The zero-order valence-corrected chi connectivity index (χ0v) is 18.2. The van der Waals surface area contributed by atoms with Crippen molar-refractivity contribution >= 4 is 17.5 Å². The van der Waals surface area contributed by atoms with E-state index in [1.165, 1.54) is 35.8 Å². The van der Waals surface area contributed by atoms with Gasteiger partial charge in [0.05, 0.1) is 0 Å². The van der Waals surface area contributed by atoms with E-state index in [-0.39, 0.29) is 18.2 Å². The summed E-state index contributed by atoms with van der Waals surface area (Å²) in [7, 11) is 0. The summed E-state index contributed by atoms with van der Waals surface area (Å²) < 4.78 is 8.84. The number of carbonyl (C=O) groups excluding carboxylic acids is 2. The lowest BCUT2D eigenvalue weighted by molar-refractivity contribution is 0.0462. The molecule has 0 amide bonds. The number of hydrogen-bond donors (Lipinski definition) is 0. The minimum atomic E-state index is -0.740. The van der Waals surface area contributed by atoms with Crippen molar-refractivity contribution in [3.8, 4) is 0 Å². The Balaban J connectivity index is 1.40. The van der Waals surface area contributed by atoms with Crippen molar-refractivity contribution in [3.05, 3.63) is 58.4 Å². The molecule has 0 bridgehead atoms. The van der Waals surface area contributed by atoms with Crippen LogP contribution in [0, 0.1) is 20.8 Å². The first kappa shape index (κ1) is 21.0. The van der Waals surface area contributed by atoms with Crippen LogP contribution in [0.5, 0.6) is 0 Å². The van der Waals surface area contributed by atoms with E-state index in [0.29, 0.717) is 11.3 Å². The van der Waals surface area contributed by atoms with E-state index in [0.717, 1.165) is 30.0 Å². The lowest BCUT2D eigenvalue weighted by Crippen LogP contribution is -2.16. The molecule has 0 aromatic carbocycles. The van der Waals surface area contributed by atoms with Gasteiger partial charge >= 0.3 is 5.97 Å². The smallest absolute Gasteiger partial charge is 0.378 e. The van der Waals surface area contributed by atoms with Crippen LogP contribution in [0.1, 0.15) is 70.2 Å². The van der Waals surface area contributed by atoms with Gasteiger partial charge in [0.15, 0.2) is 6.61 Å². The van der Waals surface area contributed by atoms with Gasteiger partial charge in [-0.3, -0.25) is 4.79 Å². The number of hydrogen-bond acceptors (Lipinski definition) is 6. The van der Waals surface area contributed by atoms with E-state index in [1.807, 2.05) is 26.8 Å². The number of nitrogens with zero attached hydrogens (tertiary/aromatic N) is 5. The van der Waals surface area contributed by atoms with Crippen molar-refractivity contribution in [3.63, 3.8) is 0 Å². The summed E-state index contributed by atoms with van der Waals surface area (Å²) in [5, 5.41) is 4.12. The molecule has 0 spiro atoms. The Morgan fingerprint density at radius 3 is 2.74 bits per heavy atom. The van der Waals surface area contributed by atoms with Crippen LogP contribution in [0.4, 0.5) is 0 Å². The SMILES string of the molecule is Cc1cc(C(=O)COC(=O)c2nc3nccc(C)n3n2)c(C)n1CCC1=CCCCC1. The second kappa shape index (κ2) is 8.83. The molecule has 8 heteroatoms. The normalized spacial score (nSPS) is 14.0. The Kier molecular flexibility index (Phi) is 5.97. The molecule has 162 valence electrons. The Labute approximate surface area is 181 Å². The van der Waals surface area contributed by atoms with E-state index < -0.39 is 5.97 Å². The van der Waals surface area contributed by atoms with E-state index in [2.05, 4.69) is 25.7 Å². The molecule has 0 aliphatic heterocycles. The van der Waals surface area contributed by atoms with Gasteiger partial charge in [-0.15, -0.1) is 5.10 Å². The predicted octanol–water partition coefficient (Wildman–Crippen LogP) is 3.78. The van der Waals surface area contributed by atoms with Crippen molar-refractivity contribution in [1.29, 1.82) is 0 Å². The maximum Gasteiger partial charge on any atom is 0.378 e.